The van der Waals surface area contributed by atoms with Crippen LogP contribution < -0.4 is 0 Å². The van der Waals surface area contributed by atoms with Crippen LogP contribution in [0.2, 0.25) is 0 Å². The van der Waals surface area contributed by atoms with Gasteiger partial charge in [0.15, 0.2) is 0 Å². The average Bonchev–Trinajstić information content (AvgIpc) is 1.85. The van der Waals surface area contributed by atoms with Crippen molar-refractivity contribution in [2.45, 2.75) is 20.0 Å². The molecule has 2 nitrogen and oxygen atoms in total. The quantitative estimate of drug-likeness (QED) is 0.621. The van der Waals surface area contributed by atoms with Crippen molar-refractivity contribution in [1.29, 1.82) is 0 Å². The average molecular weight is 263 g/mol. The fourth-order valence-corrected chi connectivity index (χ4v) is 1.58. The molecule has 1 aromatic rings. The molecule has 0 saturated carbocycles. The van der Waals surface area contributed by atoms with Gasteiger partial charge in [0, 0.05) is 11.8 Å². The first kappa shape index (κ1) is 8.93. The number of hydrogen-bond donors (Lipinski definition) is 1. The smallest absolute Gasteiger partial charge is 0.101 e. The molecule has 3 heteroatoms. The van der Waals surface area contributed by atoms with Crippen molar-refractivity contribution in [2.24, 2.45) is 0 Å². The standard InChI is InChI=1S/C8H10INO/c1-5-3-8(9)10-4-7(5)6(2)11/h3-4,6,11H,1-2H3/t6-/m1/s1. The Morgan fingerprint density at radius 3 is 2.73 bits per heavy atom. The molecule has 11 heavy (non-hydrogen) atoms. The summed E-state index contributed by atoms with van der Waals surface area (Å²) in [7, 11) is 0. The topological polar surface area (TPSA) is 33.1 Å². The van der Waals surface area contributed by atoms with E-state index in [2.05, 4.69) is 27.6 Å². The summed E-state index contributed by atoms with van der Waals surface area (Å²) in [4.78, 5) is 4.09. The highest BCUT2D eigenvalue weighted by Gasteiger charge is 2.04. The van der Waals surface area contributed by atoms with Crippen molar-refractivity contribution < 1.29 is 5.11 Å². The van der Waals surface area contributed by atoms with E-state index in [4.69, 9.17) is 0 Å². The summed E-state index contributed by atoms with van der Waals surface area (Å²) >= 11 is 2.15. The van der Waals surface area contributed by atoms with Crippen LogP contribution in [-0.4, -0.2) is 10.1 Å². The summed E-state index contributed by atoms with van der Waals surface area (Å²) in [6, 6.07) is 1.96. The van der Waals surface area contributed by atoms with E-state index < -0.39 is 6.10 Å². The van der Waals surface area contributed by atoms with Gasteiger partial charge in [0.25, 0.3) is 0 Å². The van der Waals surface area contributed by atoms with Crippen LogP contribution in [0.1, 0.15) is 24.2 Å². The van der Waals surface area contributed by atoms with Crippen molar-refractivity contribution in [1.82, 2.24) is 4.98 Å². The van der Waals surface area contributed by atoms with E-state index in [-0.39, 0.29) is 0 Å². The highest BCUT2D eigenvalue weighted by atomic mass is 127. The number of pyridine rings is 1. The largest absolute Gasteiger partial charge is 0.389 e. The Hall–Kier alpha value is -0.160. The lowest BCUT2D eigenvalue weighted by molar-refractivity contribution is 0.198. The SMILES string of the molecule is Cc1cc(I)ncc1[C@@H](C)O. The van der Waals surface area contributed by atoms with Gasteiger partial charge in [-0.25, -0.2) is 4.98 Å². The molecule has 1 aromatic heterocycles. The van der Waals surface area contributed by atoms with E-state index in [1.54, 1.807) is 13.1 Å². The number of aryl methyl sites for hydroxylation is 1. The van der Waals surface area contributed by atoms with Gasteiger partial charge in [-0.2, -0.15) is 0 Å². The fraction of sp³-hybridized carbons (Fsp3) is 0.375. The second kappa shape index (κ2) is 3.49. The van der Waals surface area contributed by atoms with Gasteiger partial charge < -0.3 is 5.11 Å². The molecule has 0 spiro atoms. The molecule has 0 radical (unpaired) electrons. The Balaban J connectivity index is 3.09. The molecule has 0 unspecified atom stereocenters. The van der Waals surface area contributed by atoms with E-state index in [9.17, 15) is 5.11 Å². The van der Waals surface area contributed by atoms with Crippen LogP contribution >= 0.6 is 22.6 Å². The second-order valence-electron chi connectivity index (χ2n) is 2.54. The van der Waals surface area contributed by atoms with Gasteiger partial charge in [-0.3, -0.25) is 0 Å². The van der Waals surface area contributed by atoms with Gasteiger partial charge in [-0.1, -0.05) is 0 Å². The van der Waals surface area contributed by atoms with Crippen molar-refractivity contribution >= 4 is 22.6 Å². The maximum atomic E-state index is 9.25. The first-order valence-corrected chi connectivity index (χ1v) is 4.49. The number of halogens is 1. The highest BCUT2D eigenvalue weighted by Crippen LogP contribution is 2.16. The summed E-state index contributed by atoms with van der Waals surface area (Å²) in [6.07, 6.45) is 1.31. The van der Waals surface area contributed by atoms with Gasteiger partial charge in [0.1, 0.15) is 3.70 Å². The van der Waals surface area contributed by atoms with Crippen LogP contribution in [0.4, 0.5) is 0 Å². The minimum atomic E-state index is -0.417. The van der Waals surface area contributed by atoms with E-state index >= 15 is 0 Å². The van der Waals surface area contributed by atoms with Crippen molar-refractivity contribution in [2.75, 3.05) is 0 Å². The molecule has 0 amide bonds. The molecule has 1 heterocycles. The fourth-order valence-electron chi connectivity index (χ4n) is 0.970. The number of rotatable bonds is 1. The van der Waals surface area contributed by atoms with Gasteiger partial charge in [0.2, 0.25) is 0 Å². The molecule has 0 saturated heterocycles. The maximum absolute atomic E-state index is 9.25. The Kier molecular flexibility index (Phi) is 2.84. The Bertz CT molecular complexity index is 260. The van der Waals surface area contributed by atoms with Crippen LogP contribution in [0.5, 0.6) is 0 Å². The first-order valence-electron chi connectivity index (χ1n) is 3.41. The molecule has 0 aromatic carbocycles. The normalized spacial score (nSPS) is 13.1. The number of nitrogens with zero attached hydrogens (tertiary/aromatic N) is 1. The molecular weight excluding hydrogens is 253 g/mol. The Morgan fingerprint density at radius 1 is 1.64 bits per heavy atom. The number of aliphatic hydroxyl groups excluding tert-OH is 1. The lowest BCUT2D eigenvalue weighted by Crippen LogP contribution is -1.96. The number of hydrogen-bond acceptors (Lipinski definition) is 2. The van der Waals surface area contributed by atoms with Crippen molar-refractivity contribution in [3.63, 3.8) is 0 Å². The molecule has 0 bridgehead atoms. The van der Waals surface area contributed by atoms with Crippen LogP contribution in [0, 0.1) is 10.6 Å². The summed E-state index contributed by atoms with van der Waals surface area (Å²) in [5, 5.41) is 9.25. The van der Waals surface area contributed by atoms with Gasteiger partial charge in [0.05, 0.1) is 6.10 Å². The lowest BCUT2D eigenvalue weighted by Gasteiger charge is -2.07. The van der Waals surface area contributed by atoms with Crippen LogP contribution in [-0.2, 0) is 0 Å². The van der Waals surface area contributed by atoms with Crippen molar-refractivity contribution in [3.8, 4) is 0 Å². The third-order valence-corrected chi connectivity index (χ3v) is 2.16. The molecular formula is C8H10INO. The molecule has 0 aliphatic heterocycles. The van der Waals surface area contributed by atoms with Gasteiger partial charge in [-0.05, 0) is 48.1 Å². The zero-order valence-corrected chi connectivity index (χ0v) is 8.66. The molecule has 1 N–H and O–H groups in total. The molecule has 0 aliphatic rings. The molecule has 0 aliphatic carbocycles. The zero-order chi connectivity index (χ0) is 8.43. The summed E-state index contributed by atoms with van der Waals surface area (Å²) in [6.45, 7) is 3.72. The molecule has 60 valence electrons. The molecule has 0 fully saturated rings. The van der Waals surface area contributed by atoms with E-state index in [1.165, 1.54) is 0 Å². The third-order valence-electron chi connectivity index (χ3n) is 1.57. The first-order chi connectivity index (χ1) is 5.11. The second-order valence-corrected chi connectivity index (χ2v) is 3.64. The lowest BCUT2D eigenvalue weighted by atomic mass is 10.1. The maximum Gasteiger partial charge on any atom is 0.101 e. The predicted octanol–water partition coefficient (Wildman–Crippen LogP) is 2.05. The predicted molar refractivity (Wildman–Crippen MR) is 52.3 cm³/mol. The van der Waals surface area contributed by atoms with Gasteiger partial charge in [-0.15, -0.1) is 0 Å². The summed E-state index contributed by atoms with van der Waals surface area (Å²) < 4.78 is 0.963. The summed E-state index contributed by atoms with van der Waals surface area (Å²) in [5.41, 5.74) is 2.00. The zero-order valence-electron chi connectivity index (χ0n) is 6.50. The van der Waals surface area contributed by atoms with Crippen LogP contribution in [0.3, 0.4) is 0 Å². The van der Waals surface area contributed by atoms with E-state index in [0.717, 1.165) is 14.8 Å². The molecule has 1 rings (SSSR count). The monoisotopic (exact) mass is 263 g/mol. The van der Waals surface area contributed by atoms with Crippen LogP contribution in [0.15, 0.2) is 12.3 Å². The van der Waals surface area contributed by atoms with Crippen LogP contribution in [0.25, 0.3) is 0 Å². The number of aliphatic hydroxyl groups is 1. The van der Waals surface area contributed by atoms with Gasteiger partial charge >= 0.3 is 0 Å². The van der Waals surface area contributed by atoms with E-state index in [0.29, 0.717) is 0 Å². The summed E-state index contributed by atoms with van der Waals surface area (Å²) in [5.74, 6) is 0. The third kappa shape index (κ3) is 2.13. The minimum absolute atomic E-state index is 0.417. The Morgan fingerprint density at radius 2 is 2.27 bits per heavy atom. The van der Waals surface area contributed by atoms with Crippen molar-refractivity contribution in [3.05, 3.63) is 27.1 Å². The minimum Gasteiger partial charge on any atom is -0.389 e. The number of aromatic nitrogens is 1. The van der Waals surface area contributed by atoms with E-state index in [1.807, 2.05) is 13.0 Å². The highest BCUT2D eigenvalue weighted by molar-refractivity contribution is 14.1. The molecule has 1 atom stereocenters. The Labute approximate surface area is 79.8 Å².